The van der Waals surface area contributed by atoms with Crippen molar-refractivity contribution in [1.82, 2.24) is 0 Å². The SMILES string of the molecule is CO[Si](CCCOC(=O)C(C)=CN)(OC)OC. The Labute approximate surface area is 103 Å². The summed E-state index contributed by atoms with van der Waals surface area (Å²) in [6, 6.07) is 0.592. The molecule has 6 nitrogen and oxygen atoms in total. The van der Waals surface area contributed by atoms with Crippen molar-refractivity contribution in [2.24, 2.45) is 5.73 Å². The lowest BCUT2D eigenvalue weighted by Crippen LogP contribution is -2.42. The molecule has 0 heterocycles. The Kier molecular flexibility index (Phi) is 7.80. The highest BCUT2D eigenvalue weighted by atomic mass is 28.4. The van der Waals surface area contributed by atoms with E-state index in [1.807, 2.05) is 0 Å². The van der Waals surface area contributed by atoms with Gasteiger partial charge in [0, 0.05) is 39.1 Å². The fraction of sp³-hybridized carbons (Fsp3) is 0.700. The Balaban J connectivity index is 3.95. The van der Waals surface area contributed by atoms with Crippen LogP contribution in [0.2, 0.25) is 6.04 Å². The first kappa shape index (κ1) is 16.1. The molecule has 0 rings (SSSR count). The van der Waals surface area contributed by atoms with Gasteiger partial charge in [0.05, 0.1) is 6.61 Å². The molecule has 0 aromatic rings. The lowest BCUT2D eigenvalue weighted by Gasteiger charge is -2.24. The van der Waals surface area contributed by atoms with Gasteiger partial charge in [-0.2, -0.15) is 0 Å². The molecular weight excluding hydrogens is 242 g/mol. The van der Waals surface area contributed by atoms with Gasteiger partial charge >= 0.3 is 14.8 Å². The third kappa shape index (κ3) is 5.31. The van der Waals surface area contributed by atoms with Crippen molar-refractivity contribution in [2.45, 2.75) is 19.4 Å². The number of carbonyl (C=O) groups excluding carboxylic acids is 1. The molecule has 0 aromatic heterocycles. The van der Waals surface area contributed by atoms with Crippen molar-refractivity contribution in [3.05, 3.63) is 11.8 Å². The predicted octanol–water partition coefficient (Wildman–Crippen LogP) is 0.660. The van der Waals surface area contributed by atoms with E-state index in [0.717, 1.165) is 0 Å². The Bertz CT molecular complexity index is 257. The van der Waals surface area contributed by atoms with Gasteiger partial charge in [-0.1, -0.05) is 0 Å². The molecule has 2 N–H and O–H groups in total. The van der Waals surface area contributed by atoms with E-state index in [2.05, 4.69) is 0 Å². The van der Waals surface area contributed by atoms with Gasteiger partial charge in [-0.15, -0.1) is 0 Å². The number of hydrogen-bond donors (Lipinski definition) is 1. The highest BCUT2D eigenvalue weighted by molar-refractivity contribution is 6.60. The predicted molar refractivity (Wildman–Crippen MR) is 65.1 cm³/mol. The fourth-order valence-electron chi connectivity index (χ4n) is 1.19. The molecule has 0 aromatic carbocycles. The monoisotopic (exact) mass is 263 g/mol. The van der Waals surface area contributed by atoms with Gasteiger partial charge < -0.3 is 23.7 Å². The maximum absolute atomic E-state index is 11.3. The molecule has 0 unspecified atom stereocenters. The summed E-state index contributed by atoms with van der Waals surface area (Å²) in [5, 5.41) is 0. The Hall–Kier alpha value is -0.893. The highest BCUT2D eigenvalue weighted by Gasteiger charge is 2.36. The summed E-state index contributed by atoms with van der Waals surface area (Å²) < 4.78 is 20.7. The Morgan fingerprint density at radius 2 is 1.76 bits per heavy atom. The summed E-state index contributed by atoms with van der Waals surface area (Å²) in [7, 11) is 2.09. The second-order valence-electron chi connectivity index (χ2n) is 3.38. The van der Waals surface area contributed by atoms with Crippen LogP contribution in [-0.4, -0.2) is 42.7 Å². The molecule has 0 aliphatic heterocycles. The minimum absolute atomic E-state index is 0.287. The Morgan fingerprint density at radius 1 is 1.24 bits per heavy atom. The van der Waals surface area contributed by atoms with Crippen LogP contribution in [-0.2, 0) is 22.8 Å². The summed E-state index contributed by atoms with van der Waals surface area (Å²) in [6.07, 6.45) is 1.84. The molecule has 0 fully saturated rings. The van der Waals surface area contributed by atoms with Crippen LogP contribution in [0.1, 0.15) is 13.3 Å². The molecule has 100 valence electrons. The van der Waals surface area contributed by atoms with Crippen molar-refractivity contribution in [2.75, 3.05) is 27.9 Å². The van der Waals surface area contributed by atoms with Gasteiger partial charge in [0.15, 0.2) is 0 Å². The third-order valence-electron chi connectivity index (χ3n) is 2.37. The number of nitrogens with two attached hydrogens (primary N) is 1. The average Bonchev–Trinajstić information content (AvgIpc) is 2.38. The summed E-state index contributed by atoms with van der Waals surface area (Å²) >= 11 is 0. The summed E-state index contributed by atoms with van der Waals surface area (Å²) in [4.78, 5) is 11.3. The molecule has 0 radical (unpaired) electrons. The number of ether oxygens (including phenoxy) is 1. The molecule has 0 aliphatic rings. The zero-order chi connectivity index (χ0) is 13.3. The molecule has 0 aliphatic carbocycles. The highest BCUT2D eigenvalue weighted by Crippen LogP contribution is 2.14. The van der Waals surface area contributed by atoms with Gasteiger partial charge in [0.25, 0.3) is 0 Å². The maximum atomic E-state index is 11.3. The first-order chi connectivity index (χ1) is 8.05. The number of rotatable bonds is 8. The number of esters is 1. The molecule has 0 spiro atoms. The first-order valence-corrected chi connectivity index (χ1v) is 7.19. The number of carbonyl (C=O) groups is 1. The zero-order valence-electron chi connectivity index (χ0n) is 10.8. The summed E-state index contributed by atoms with van der Waals surface area (Å²) in [5.41, 5.74) is 5.58. The second-order valence-corrected chi connectivity index (χ2v) is 6.48. The molecule has 0 amide bonds. The van der Waals surface area contributed by atoms with Gasteiger partial charge in [-0.25, -0.2) is 4.79 Å². The molecule has 7 heteroatoms. The van der Waals surface area contributed by atoms with Crippen molar-refractivity contribution >= 4 is 14.8 Å². The van der Waals surface area contributed by atoms with Crippen LogP contribution in [0.3, 0.4) is 0 Å². The topological polar surface area (TPSA) is 80.0 Å². The molecule has 17 heavy (non-hydrogen) atoms. The van der Waals surface area contributed by atoms with E-state index in [1.54, 1.807) is 28.3 Å². The molecule has 0 saturated heterocycles. The molecule has 0 bridgehead atoms. The van der Waals surface area contributed by atoms with E-state index >= 15 is 0 Å². The van der Waals surface area contributed by atoms with Gasteiger partial charge in [0.2, 0.25) is 0 Å². The van der Waals surface area contributed by atoms with E-state index in [1.165, 1.54) is 6.20 Å². The minimum Gasteiger partial charge on any atom is -0.462 e. The third-order valence-corrected chi connectivity index (χ3v) is 5.20. The largest absolute Gasteiger partial charge is 0.500 e. The Morgan fingerprint density at radius 3 is 2.18 bits per heavy atom. The van der Waals surface area contributed by atoms with Gasteiger partial charge in [-0.3, -0.25) is 0 Å². The average molecular weight is 263 g/mol. The van der Waals surface area contributed by atoms with E-state index in [9.17, 15) is 4.79 Å². The van der Waals surface area contributed by atoms with E-state index in [-0.39, 0.29) is 6.61 Å². The first-order valence-electron chi connectivity index (χ1n) is 5.26. The van der Waals surface area contributed by atoms with Crippen molar-refractivity contribution < 1.29 is 22.8 Å². The van der Waals surface area contributed by atoms with Crippen LogP contribution in [0, 0.1) is 0 Å². The van der Waals surface area contributed by atoms with Crippen LogP contribution >= 0.6 is 0 Å². The lowest BCUT2D eigenvalue weighted by molar-refractivity contribution is -0.139. The van der Waals surface area contributed by atoms with Crippen LogP contribution < -0.4 is 5.73 Å². The van der Waals surface area contributed by atoms with E-state index < -0.39 is 14.8 Å². The van der Waals surface area contributed by atoms with E-state index in [0.29, 0.717) is 18.0 Å². The summed E-state index contributed by atoms with van der Waals surface area (Å²) in [6.45, 7) is 1.88. The zero-order valence-corrected chi connectivity index (χ0v) is 11.8. The number of hydrogen-bond acceptors (Lipinski definition) is 6. The van der Waals surface area contributed by atoms with Crippen LogP contribution in [0.25, 0.3) is 0 Å². The van der Waals surface area contributed by atoms with Gasteiger partial charge in [0.1, 0.15) is 0 Å². The van der Waals surface area contributed by atoms with Crippen molar-refractivity contribution in [3.63, 3.8) is 0 Å². The minimum atomic E-state index is -2.56. The van der Waals surface area contributed by atoms with Crippen molar-refractivity contribution in [1.29, 1.82) is 0 Å². The van der Waals surface area contributed by atoms with Crippen LogP contribution in [0.5, 0.6) is 0 Å². The second kappa shape index (κ2) is 8.23. The molecule has 0 saturated carbocycles. The lowest BCUT2D eigenvalue weighted by atomic mass is 10.3. The standard InChI is InChI=1S/C10H21NO5Si/c1-9(8-11)10(12)16-6-5-7-17(13-2,14-3)15-4/h8H,5-7,11H2,1-4H3. The van der Waals surface area contributed by atoms with Gasteiger partial charge in [-0.05, 0) is 13.3 Å². The maximum Gasteiger partial charge on any atom is 0.500 e. The van der Waals surface area contributed by atoms with Crippen LogP contribution in [0.4, 0.5) is 0 Å². The van der Waals surface area contributed by atoms with E-state index in [4.69, 9.17) is 23.7 Å². The molecule has 0 atom stereocenters. The van der Waals surface area contributed by atoms with Crippen molar-refractivity contribution in [3.8, 4) is 0 Å². The normalized spacial score (nSPS) is 12.6. The quantitative estimate of drug-likeness (QED) is 0.300. The molecular formula is C10H21NO5Si. The smallest absolute Gasteiger partial charge is 0.462 e. The fourth-order valence-corrected chi connectivity index (χ4v) is 2.88. The van der Waals surface area contributed by atoms with Crippen LogP contribution in [0.15, 0.2) is 11.8 Å². The summed E-state index contributed by atoms with van der Waals surface area (Å²) in [5.74, 6) is -0.410.